The van der Waals surface area contributed by atoms with Crippen molar-refractivity contribution in [1.82, 2.24) is 20.3 Å². The fourth-order valence-corrected chi connectivity index (χ4v) is 1.79. The van der Waals surface area contributed by atoms with E-state index in [1.807, 2.05) is 51.1 Å². The summed E-state index contributed by atoms with van der Waals surface area (Å²) in [5.41, 5.74) is 1.44. The van der Waals surface area contributed by atoms with Crippen LogP contribution in [0.2, 0.25) is 0 Å². The third-order valence-corrected chi connectivity index (χ3v) is 2.48. The number of aromatic nitrogens is 3. The van der Waals surface area contributed by atoms with Gasteiger partial charge in [0.2, 0.25) is 5.91 Å². The topological polar surface area (TPSA) is 59.8 Å². The smallest absolute Gasteiger partial charge is 0.226 e. The zero-order valence-electron chi connectivity index (χ0n) is 11.4. The van der Waals surface area contributed by atoms with Crippen molar-refractivity contribution < 1.29 is 4.79 Å². The normalized spacial score (nSPS) is 11.3. The fourth-order valence-electron chi connectivity index (χ4n) is 1.79. The van der Waals surface area contributed by atoms with Crippen LogP contribution < -0.4 is 5.32 Å². The Balaban J connectivity index is 2.15. The van der Waals surface area contributed by atoms with Gasteiger partial charge in [0, 0.05) is 5.54 Å². The quantitative estimate of drug-likeness (QED) is 0.912. The van der Waals surface area contributed by atoms with Gasteiger partial charge in [-0.15, -0.1) is 5.10 Å². The average Bonchev–Trinajstić information content (AvgIpc) is 2.75. The van der Waals surface area contributed by atoms with E-state index < -0.39 is 0 Å². The zero-order chi connectivity index (χ0) is 13.9. The molecule has 0 atom stereocenters. The number of nitrogens with zero attached hydrogens (tertiary/aromatic N) is 3. The van der Waals surface area contributed by atoms with Gasteiger partial charge in [0.1, 0.15) is 0 Å². The highest BCUT2D eigenvalue weighted by molar-refractivity contribution is 5.78. The molecule has 2 rings (SSSR count). The minimum atomic E-state index is -0.234. The van der Waals surface area contributed by atoms with Gasteiger partial charge in [-0.05, 0) is 32.9 Å². The highest BCUT2D eigenvalue weighted by Gasteiger charge is 2.16. The van der Waals surface area contributed by atoms with Gasteiger partial charge in [-0.3, -0.25) is 4.79 Å². The van der Waals surface area contributed by atoms with Crippen LogP contribution >= 0.6 is 0 Å². The SMILES string of the molecule is CC(C)(C)NC(=O)Cc1cnnn1-c1ccccc1. The first-order chi connectivity index (χ1) is 8.96. The minimum absolute atomic E-state index is 0.0352. The molecule has 5 heteroatoms. The van der Waals surface area contributed by atoms with Crippen LogP contribution in [-0.2, 0) is 11.2 Å². The molecule has 1 amide bonds. The lowest BCUT2D eigenvalue weighted by molar-refractivity contribution is -0.121. The van der Waals surface area contributed by atoms with Crippen LogP contribution in [0.4, 0.5) is 0 Å². The Kier molecular flexibility index (Phi) is 3.64. The van der Waals surface area contributed by atoms with Crippen molar-refractivity contribution in [3.05, 3.63) is 42.2 Å². The number of carbonyl (C=O) groups excluding carboxylic acids is 1. The van der Waals surface area contributed by atoms with Gasteiger partial charge in [0.05, 0.1) is 24.0 Å². The lowest BCUT2D eigenvalue weighted by atomic mass is 10.1. The molecule has 0 saturated carbocycles. The van der Waals surface area contributed by atoms with Gasteiger partial charge in [0.25, 0.3) is 0 Å². The predicted molar refractivity (Wildman–Crippen MR) is 73.0 cm³/mol. The van der Waals surface area contributed by atoms with Gasteiger partial charge in [-0.1, -0.05) is 23.4 Å². The number of carbonyl (C=O) groups is 1. The van der Waals surface area contributed by atoms with Crippen molar-refractivity contribution in [2.24, 2.45) is 0 Å². The Hall–Kier alpha value is -2.17. The van der Waals surface area contributed by atoms with E-state index >= 15 is 0 Å². The number of amides is 1. The lowest BCUT2D eigenvalue weighted by Crippen LogP contribution is -2.41. The molecule has 19 heavy (non-hydrogen) atoms. The average molecular weight is 258 g/mol. The molecule has 1 aromatic carbocycles. The molecular weight excluding hydrogens is 240 g/mol. The molecule has 0 spiro atoms. The van der Waals surface area contributed by atoms with E-state index in [0.29, 0.717) is 0 Å². The molecule has 100 valence electrons. The second-order valence-electron chi connectivity index (χ2n) is 5.45. The first-order valence-electron chi connectivity index (χ1n) is 6.22. The van der Waals surface area contributed by atoms with Crippen molar-refractivity contribution in [3.63, 3.8) is 0 Å². The Bertz CT molecular complexity index is 554. The van der Waals surface area contributed by atoms with Gasteiger partial charge < -0.3 is 5.32 Å². The Morgan fingerprint density at radius 3 is 2.58 bits per heavy atom. The number of nitrogens with one attached hydrogen (secondary N) is 1. The number of benzene rings is 1. The highest BCUT2D eigenvalue weighted by atomic mass is 16.1. The van der Waals surface area contributed by atoms with Crippen molar-refractivity contribution >= 4 is 5.91 Å². The summed E-state index contributed by atoms with van der Waals surface area (Å²) in [4.78, 5) is 11.9. The van der Waals surface area contributed by atoms with Crippen molar-refractivity contribution in [3.8, 4) is 5.69 Å². The lowest BCUT2D eigenvalue weighted by Gasteiger charge is -2.20. The maximum Gasteiger partial charge on any atom is 0.226 e. The maximum absolute atomic E-state index is 11.9. The molecule has 5 nitrogen and oxygen atoms in total. The molecule has 0 radical (unpaired) electrons. The molecule has 0 fully saturated rings. The first kappa shape index (κ1) is 13.3. The molecule has 1 heterocycles. The third kappa shape index (κ3) is 3.64. The number of para-hydroxylation sites is 1. The number of rotatable bonds is 3. The van der Waals surface area contributed by atoms with E-state index in [1.165, 1.54) is 0 Å². The van der Waals surface area contributed by atoms with Crippen LogP contribution in [0, 0.1) is 0 Å². The minimum Gasteiger partial charge on any atom is -0.351 e. The fraction of sp³-hybridized carbons (Fsp3) is 0.357. The largest absolute Gasteiger partial charge is 0.351 e. The van der Waals surface area contributed by atoms with Crippen molar-refractivity contribution in [1.29, 1.82) is 0 Å². The second kappa shape index (κ2) is 5.22. The van der Waals surface area contributed by atoms with Crippen LogP contribution in [0.15, 0.2) is 36.5 Å². The monoisotopic (exact) mass is 258 g/mol. The summed E-state index contributed by atoms with van der Waals surface area (Å²) in [5.74, 6) is -0.0352. The van der Waals surface area contributed by atoms with Gasteiger partial charge in [-0.2, -0.15) is 0 Å². The van der Waals surface area contributed by atoms with Gasteiger partial charge in [-0.25, -0.2) is 4.68 Å². The Morgan fingerprint density at radius 1 is 1.26 bits per heavy atom. The summed E-state index contributed by atoms with van der Waals surface area (Å²) in [5, 5.41) is 10.8. The third-order valence-electron chi connectivity index (χ3n) is 2.48. The second-order valence-corrected chi connectivity index (χ2v) is 5.45. The molecule has 0 bridgehead atoms. The predicted octanol–water partition coefficient (Wildman–Crippen LogP) is 1.72. The molecule has 2 aromatic rings. The molecule has 0 aliphatic rings. The summed E-state index contributed by atoms with van der Waals surface area (Å²) in [6, 6.07) is 9.65. The van der Waals surface area contributed by atoms with Crippen LogP contribution in [0.3, 0.4) is 0 Å². The van der Waals surface area contributed by atoms with E-state index in [9.17, 15) is 4.79 Å². The van der Waals surface area contributed by atoms with E-state index in [-0.39, 0.29) is 17.9 Å². The molecule has 0 aliphatic heterocycles. The summed E-state index contributed by atoms with van der Waals surface area (Å²) in [6.07, 6.45) is 1.88. The Labute approximate surface area is 112 Å². The summed E-state index contributed by atoms with van der Waals surface area (Å²) < 4.78 is 1.68. The first-order valence-corrected chi connectivity index (χ1v) is 6.22. The molecule has 0 unspecified atom stereocenters. The van der Waals surface area contributed by atoms with Crippen LogP contribution in [0.1, 0.15) is 26.5 Å². The Morgan fingerprint density at radius 2 is 1.95 bits per heavy atom. The summed E-state index contributed by atoms with van der Waals surface area (Å²) in [6.45, 7) is 5.87. The van der Waals surface area contributed by atoms with Crippen LogP contribution in [0.5, 0.6) is 0 Å². The van der Waals surface area contributed by atoms with Gasteiger partial charge >= 0.3 is 0 Å². The maximum atomic E-state index is 11.9. The van der Waals surface area contributed by atoms with E-state index in [4.69, 9.17) is 0 Å². The van der Waals surface area contributed by atoms with Crippen molar-refractivity contribution in [2.75, 3.05) is 0 Å². The highest BCUT2D eigenvalue weighted by Crippen LogP contribution is 2.09. The number of hydrogen-bond acceptors (Lipinski definition) is 3. The number of hydrogen-bond donors (Lipinski definition) is 1. The summed E-state index contributed by atoms with van der Waals surface area (Å²) >= 11 is 0. The van der Waals surface area contributed by atoms with E-state index in [0.717, 1.165) is 11.4 Å². The molecule has 1 N–H and O–H groups in total. The van der Waals surface area contributed by atoms with Crippen LogP contribution in [0.25, 0.3) is 5.69 Å². The standard InChI is InChI=1S/C14H18N4O/c1-14(2,3)16-13(19)9-12-10-15-17-18(12)11-7-5-4-6-8-11/h4-8,10H,9H2,1-3H3,(H,16,19). The van der Waals surface area contributed by atoms with E-state index in [2.05, 4.69) is 15.6 Å². The van der Waals surface area contributed by atoms with Crippen LogP contribution in [-0.4, -0.2) is 26.4 Å². The molecular formula is C14H18N4O. The molecule has 1 aromatic heterocycles. The van der Waals surface area contributed by atoms with E-state index in [1.54, 1.807) is 10.9 Å². The molecule has 0 aliphatic carbocycles. The van der Waals surface area contributed by atoms with Crippen molar-refractivity contribution in [2.45, 2.75) is 32.7 Å². The van der Waals surface area contributed by atoms with Gasteiger partial charge in [0.15, 0.2) is 0 Å². The zero-order valence-corrected chi connectivity index (χ0v) is 11.4. The summed E-state index contributed by atoms with van der Waals surface area (Å²) in [7, 11) is 0. The molecule has 0 saturated heterocycles.